The summed E-state index contributed by atoms with van der Waals surface area (Å²) in [5, 5.41) is 0. The monoisotopic (exact) mass is 234 g/mol. The third-order valence-corrected chi connectivity index (χ3v) is 3.18. The first-order valence-electron chi connectivity index (χ1n) is 6.00. The number of ether oxygens (including phenoxy) is 1. The van der Waals surface area contributed by atoms with E-state index in [-0.39, 0.29) is 0 Å². The molecule has 0 saturated carbocycles. The van der Waals surface area contributed by atoms with E-state index >= 15 is 0 Å². The summed E-state index contributed by atoms with van der Waals surface area (Å²) < 4.78 is 5.34. The average Bonchev–Trinajstić information content (AvgIpc) is 2.40. The van der Waals surface area contributed by atoms with E-state index in [1.165, 1.54) is 0 Å². The Hall–Kier alpha value is -1.42. The van der Waals surface area contributed by atoms with Crippen molar-refractivity contribution in [2.75, 3.05) is 31.7 Å². The number of aromatic nitrogens is 1. The van der Waals surface area contributed by atoms with Gasteiger partial charge < -0.3 is 9.64 Å². The molecule has 0 radical (unpaired) electrons. The quantitative estimate of drug-likeness (QED) is 0.744. The van der Waals surface area contributed by atoms with Gasteiger partial charge in [0.05, 0.1) is 5.56 Å². The van der Waals surface area contributed by atoms with E-state index < -0.39 is 0 Å². The van der Waals surface area contributed by atoms with Gasteiger partial charge in [0.2, 0.25) is 0 Å². The number of nitrogens with zero attached hydrogens (tertiary/aromatic N) is 2. The maximum absolute atomic E-state index is 10.9. The lowest BCUT2D eigenvalue weighted by atomic mass is 10.00. The molecule has 1 aromatic heterocycles. The van der Waals surface area contributed by atoms with Gasteiger partial charge in [-0.25, -0.2) is 4.98 Å². The van der Waals surface area contributed by atoms with Crippen LogP contribution < -0.4 is 4.90 Å². The molecule has 1 fully saturated rings. The standard InChI is InChI=1S/C13H18N2O2/c1-15(9-11-4-7-17-8-5-11)13-12(10-16)3-2-6-14-13/h2-3,6,10-11H,4-5,7-9H2,1H3. The van der Waals surface area contributed by atoms with E-state index in [2.05, 4.69) is 9.88 Å². The Morgan fingerprint density at radius 3 is 3.00 bits per heavy atom. The zero-order chi connectivity index (χ0) is 12.1. The van der Waals surface area contributed by atoms with Gasteiger partial charge in [-0.1, -0.05) is 0 Å². The number of anilines is 1. The molecule has 1 aliphatic heterocycles. The van der Waals surface area contributed by atoms with Crippen molar-refractivity contribution in [3.8, 4) is 0 Å². The lowest BCUT2D eigenvalue weighted by Gasteiger charge is -2.28. The molecule has 2 rings (SSSR count). The first-order chi connectivity index (χ1) is 8.31. The minimum atomic E-state index is 0.634. The number of hydrogen-bond donors (Lipinski definition) is 0. The Balaban J connectivity index is 2.02. The maximum Gasteiger partial charge on any atom is 0.153 e. The molecule has 0 aromatic carbocycles. The Morgan fingerprint density at radius 2 is 2.29 bits per heavy atom. The van der Waals surface area contributed by atoms with Gasteiger partial charge in [0.1, 0.15) is 5.82 Å². The summed E-state index contributed by atoms with van der Waals surface area (Å²) in [5.41, 5.74) is 0.655. The minimum absolute atomic E-state index is 0.634. The fourth-order valence-corrected chi connectivity index (χ4v) is 2.22. The molecule has 0 amide bonds. The van der Waals surface area contributed by atoms with Crippen LogP contribution in [0, 0.1) is 5.92 Å². The van der Waals surface area contributed by atoms with Crippen molar-refractivity contribution in [2.45, 2.75) is 12.8 Å². The number of aldehydes is 1. The Morgan fingerprint density at radius 1 is 1.53 bits per heavy atom. The number of rotatable bonds is 4. The molecule has 0 N–H and O–H groups in total. The van der Waals surface area contributed by atoms with Crippen LogP contribution in [0.1, 0.15) is 23.2 Å². The van der Waals surface area contributed by atoms with Crippen LogP contribution in [0.15, 0.2) is 18.3 Å². The Labute approximate surface area is 102 Å². The second kappa shape index (κ2) is 5.77. The molecule has 0 spiro atoms. The summed E-state index contributed by atoms with van der Waals surface area (Å²) in [4.78, 5) is 17.3. The van der Waals surface area contributed by atoms with Crippen LogP contribution in [0.3, 0.4) is 0 Å². The Bertz CT molecular complexity index is 375. The third-order valence-electron chi connectivity index (χ3n) is 3.18. The van der Waals surface area contributed by atoms with Gasteiger partial charge in [0.25, 0.3) is 0 Å². The molecule has 0 bridgehead atoms. The molecule has 2 heterocycles. The summed E-state index contributed by atoms with van der Waals surface area (Å²) in [7, 11) is 1.99. The van der Waals surface area contributed by atoms with Crippen molar-refractivity contribution in [3.05, 3.63) is 23.9 Å². The summed E-state index contributed by atoms with van der Waals surface area (Å²) in [5.74, 6) is 1.41. The topological polar surface area (TPSA) is 42.4 Å². The normalized spacial score (nSPS) is 16.8. The highest BCUT2D eigenvalue weighted by Gasteiger charge is 2.17. The van der Waals surface area contributed by atoms with Crippen molar-refractivity contribution in [2.24, 2.45) is 5.92 Å². The summed E-state index contributed by atoms with van der Waals surface area (Å²) >= 11 is 0. The molecular weight excluding hydrogens is 216 g/mol. The van der Waals surface area contributed by atoms with Gasteiger partial charge in [0, 0.05) is 33.0 Å². The second-order valence-electron chi connectivity index (χ2n) is 4.47. The van der Waals surface area contributed by atoms with Crippen LogP contribution >= 0.6 is 0 Å². The predicted octanol–water partition coefficient (Wildman–Crippen LogP) is 1.76. The fourth-order valence-electron chi connectivity index (χ4n) is 2.22. The Kier molecular flexibility index (Phi) is 4.09. The predicted molar refractivity (Wildman–Crippen MR) is 66.4 cm³/mol. The molecule has 1 aromatic rings. The highest BCUT2D eigenvalue weighted by molar-refractivity contribution is 5.82. The molecular formula is C13H18N2O2. The van der Waals surface area contributed by atoms with E-state index in [1.54, 1.807) is 18.3 Å². The van der Waals surface area contributed by atoms with Crippen LogP contribution in [0.5, 0.6) is 0 Å². The number of hydrogen-bond acceptors (Lipinski definition) is 4. The number of pyridine rings is 1. The van der Waals surface area contributed by atoms with E-state index in [0.29, 0.717) is 11.5 Å². The first kappa shape index (κ1) is 12.0. The second-order valence-corrected chi connectivity index (χ2v) is 4.47. The van der Waals surface area contributed by atoms with Crippen molar-refractivity contribution in [1.82, 2.24) is 4.98 Å². The largest absolute Gasteiger partial charge is 0.381 e. The molecule has 0 atom stereocenters. The van der Waals surface area contributed by atoms with Gasteiger partial charge in [-0.05, 0) is 30.9 Å². The van der Waals surface area contributed by atoms with Crippen LogP contribution in [0.25, 0.3) is 0 Å². The summed E-state index contributed by atoms with van der Waals surface area (Å²) in [6.07, 6.45) is 4.77. The summed E-state index contributed by atoms with van der Waals surface area (Å²) in [6.45, 7) is 2.63. The zero-order valence-electron chi connectivity index (χ0n) is 10.1. The summed E-state index contributed by atoms with van der Waals surface area (Å²) in [6, 6.07) is 3.59. The highest BCUT2D eigenvalue weighted by atomic mass is 16.5. The molecule has 1 aliphatic rings. The van der Waals surface area contributed by atoms with E-state index in [4.69, 9.17) is 4.74 Å². The lowest BCUT2D eigenvalue weighted by Crippen LogP contribution is -2.30. The van der Waals surface area contributed by atoms with Crippen molar-refractivity contribution in [1.29, 1.82) is 0 Å². The lowest BCUT2D eigenvalue weighted by molar-refractivity contribution is 0.0684. The molecule has 4 heteroatoms. The van der Waals surface area contributed by atoms with Gasteiger partial charge in [0.15, 0.2) is 6.29 Å². The minimum Gasteiger partial charge on any atom is -0.381 e. The smallest absolute Gasteiger partial charge is 0.153 e. The number of carbonyl (C=O) groups is 1. The molecule has 17 heavy (non-hydrogen) atoms. The van der Waals surface area contributed by atoms with Crippen LogP contribution in [-0.2, 0) is 4.74 Å². The van der Waals surface area contributed by atoms with E-state index in [1.807, 2.05) is 7.05 Å². The van der Waals surface area contributed by atoms with Crippen LogP contribution in [0.2, 0.25) is 0 Å². The van der Waals surface area contributed by atoms with Crippen molar-refractivity contribution < 1.29 is 9.53 Å². The molecule has 4 nitrogen and oxygen atoms in total. The van der Waals surface area contributed by atoms with Gasteiger partial charge in [-0.2, -0.15) is 0 Å². The van der Waals surface area contributed by atoms with E-state index in [0.717, 1.165) is 44.7 Å². The molecule has 1 saturated heterocycles. The van der Waals surface area contributed by atoms with Crippen LogP contribution in [0.4, 0.5) is 5.82 Å². The SMILES string of the molecule is CN(CC1CCOCC1)c1ncccc1C=O. The van der Waals surface area contributed by atoms with Gasteiger partial charge in [-0.3, -0.25) is 4.79 Å². The maximum atomic E-state index is 10.9. The van der Waals surface area contributed by atoms with Gasteiger partial charge in [-0.15, -0.1) is 0 Å². The van der Waals surface area contributed by atoms with E-state index in [9.17, 15) is 4.79 Å². The van der Waals surface area contributed by atoms with Crippen molar-refractivity contribution in [3.63, 3.8) is 0 Å². The van der Waals surface area contributed by atoms with Gasteiger partial charge >= 0.3 is 0 Å². The molecule has 92 valence electrons. The third kappa shape index (κ3) is 3.03. The highest BCUT2D eigenvalue weighted by Crippen LogP contribution is 2.20. The van der Waals surface area contributed by atoms with Crippen LogP contribution in [-0.4, -0.2) is 38.1 Å². The molecule has 0 unspecified atom stereocenters. The zero-order valence-corrected chi connectivity index (χ0v) is 10.1. The van der Waals surface area contributed by atoms with Crippen molar-refractivity contribution >= 4 is 12.1 Å². The average molecular weight is 234 g/mol. The first-order valence-corrected chi connectivity index (χ1v) is 6.00. The molecule has 0 aliphatic carbocycles. The fraction of sp³-hybridized carbons (Fsp3) is 0.538. The number of carbonyl (C=O) groups excluding carboxylic acids is 1.